The van der Waals surface area contributed by atoms with Gasteiger partial charge in [-0.3, -0.25) is 14.4 Å². The van der Waals surface area contributed by atoms with Gasteiger partial charge in [0.2, 0.25) is 11.8 Å². The molecular weight excluding hydrogens is 322 g/mol. The summed E-state index contributed by atoms with van der Waals surface area (Å²) in [7, 11) is 0. The third-order valence-corrected chi connectivity index (χ3v) is 3.45. The number of rotatable bonds is 6. The summed E-state index contributed by atoms with van der Waals surface area (Å²) in [6.45, 7) is 5.10. The smallest absolute Gasteiger partial charge is 0.287 e. The van der Waals surface area contributed by atoms with Gasteiger partial charge in [0.05, 0.1) is 6.26 Å². The van der Waals surface area contributed by atoms with Crippen LogP contribution in [0.3, 0.4) is 0 Å². The molecule has 0 spiro atoms. The number of carbonyl (C=O) groups excluding carboxylic acids is 3. The van der Waals surface area contributed by atoms with Crippen LogP contribution in [0.25, 0.3) is 0 Å². The normalized spacial score (nSPS) is 11.7. The molecule has 7 heteroatoms. The van der Waals surface area contributed by atoms with Gasteiger partial charge in [0, 0.05) is 18.3 Å². The van der Waals surface area contributed by atoms with E-state index >= 15 is 0 Å². The quantitative estimate of drug-likeness (QED) is 0.750. The predicted molar refractivity (Wildman–Crippen MR) is 94.2 cm³/mol. The Balaban J connectivity index is 2.02. The van der Waals surface area contributed by atoms with Crippen molar-refractivity contribution in [2.75, 3.05) is 10.6 Å². The number of hydrogen-bond acceptors (Lipinski definition) is 4. The van der Waals surface area contributed by atoms with Crippen molar-refractivity contribution >= 4 is 29.1 Å². The van der Waals surface area contributed by atoms with Crippen LogP contribution in [0.1, 0.15) is 31.3 Å². The molecule has 1 aromatic heterocycles. The third kappa shape index (κ3) is 5.20. The number of amides is 3. The van der Waals surface area contributed by atoms with Gasteiger partial charge in [-0.2, -0.15) is 0 Å². The summed E-state index contributed by atoms with van der Waals surface area (Å²) in [6, 6.07) is 9.14. The van der Waals surface area contributed by atoms with Gasteiger partial charge >= 0.3 is 0 Å². The largest absolute Gasteiger partial charge is 0.459 e. The number of benzene rings is 1. The molecule has 1 atom stereocenters. The van der Waals surface area contributed by atoms with Gasteiger partial charge < -0.3 is 20.4 Å². The van der Waals surface area contributed by atoms with Crippen LogP contribution in [0.4, 0.5) is 11.4 Å². The molecule has 1 heterocycles. The average Bonchev–Trinajstić information content (AvgIpc) is 3.08. The highest BCUT2D eigenvalue weighted by molar-refractivity contribution is 6.00. The number of hydrogen-bond donors (Lipinski definition) is 3. The van der Waals surface area contributed by atoms with Crippen LogP contribution < -0.4 is 16.0 Å². The number of carbonyl (C=O) groups is 3. The summed E-state index contributed by atoms with van der Waals surface area (Å²) in [6.07, 6.45) is 1.40. The fourth-order valence-corrected chi connectivity index (χ4v) is 2.22. The van der Waals surface area contributed by atoms with Crippen LogP contribution in [0.2, 0.25) is 0 Å². The van der Waals surface area contributed by atoms with E-state index < -0.39 is 11.9 Å². The Morgan fingerprint density at radius 2 is 1.56 bits per heavy atom. The molecule has 0 bridgehead atoms. The predicted octanol–water partition coefficient (Wildman–Crippen LogP) is 2.63. The van der Waals surface area contributed by atoms with E-state index in [9.17, 15) is 14.4 Å². The number of furan rings is 1. The van der Waals surface area contributed by atoms with Gasteiger partial charge in [-0.05, 0) is 42.3 Å². The highest BCUT2D eigenvalue weighted by atomic mass is 16.3. The van der Waals surface area contributed by atoms with Crippen LogP contribution in [0.5, 0.6) is 0 Å². The molecule has 0 fully saturated rings. The lowest BCUT2D eigenvalue weighted by atomic mass is 10.0. The standard InChI is InChI=1S/C18H21N3O4/c1-11(2)16(21-17(23)15-5-4-10-25-15)18(24)20-14-8-6-13(7-9-14)19-12(3)22/h4-11,16H,1-3H3,(H,19,22)(H,20,24)(H,21,23)/t16-/m0/s1. The Morgan fingerprint density at radius 3 is 2.04 bits per heavy atom. The van der Waals surface area contributed by atoms with E-state index in [1.165, 1.54) is 19.3 Å². The SMILES string of the molecule is CC(=O)Nc1ccc(NC(=O)[C@@H](NC(=O)c2ccco2)C(C)C)cc1. The first-order valence-electron chi connectivity index (χ1n) is 7.89. The Bertz CT molecular complexity index is 736. The maximum Gasteiger partial charge on any atom is 0.287 e. The zero-order valence-electron chi connectivity index (χ0n) is 14.3. The minimum Gasteiger partial charge on any atom is -0.459 e. The molecule has 1 aromatic carbocycles. The lowest BCUT2D eigenvalue weighted by molar-refractivity contribution is -0.119. The van der Waals surface area contributed by atoms with Gasteiger partial charge in [-0.15, -0.1) is 0 Å². The summed E-state index contributed by atoms with van der Waals surface area (Å²) in [5.41, 5.74) is 1.20. The van der Waals surface area contributed by atoms with Crippen molar-refractivity contribution in [2.24, 2.45) is 5.92 Å². The highest BCUT2D eigenvalue weighted by Gasteiger charge is 2.25. The molecule has 0 aliphatic heterocycles. The molecule has 3 amide bonds. The van der Waals surface area contributed by atoms with Crippen LogP contribution in [-0.2, 0) is 9.59 Å². The van der Waals surface area contributed by atoms with Crippen LogP contribution >= 0.6 is 0 Å². The Morgan fingerprint density at radius 1 is 0.960 bits per heavy atom. The average molecular weight is 343 g/mol. The van der Waals surface area contributed by atoms with Crippen molar-refractivity contribution in [3.8, 4) is 0 Å². The van der Waals surface area contributed by atoms with Crippen LogP contribution in [0, 0.1) is 5.92 Å². The number of nitrogens with one attached hydrogen (secondary N) is 3. The molecule has 25 heavy (non-hydrogen) atoms. The maximum absolute atomic E-state index is 12.5. The van der Waals surface area contributed by atoms with Crippen molar-refractivity contribution < 1.29 is 18.8 Å². The van der Waals surface area contributed by atoms with Crippen molar-refractivity contribution in [3.05, 3.63) is 48.4 Å². The topological polar surface area (TPSA) is 100 Å². The Labute approximate surface area is 145 Å². The minimum absolute atomic E-state index is 0.113. The molecular formula is C18H21N3O4. The molecule has 7 nitrogen and oxygen atoms in total. The van der Waals surface area contributed by atoms with E-state index in [4.69, 9.17) is 4.42 Å². The zero-order chi connectivity index (χ0) is 18.4. The van der Waals surface area contributed by atoms with E-state index in [1.54, 1.807) is 30.3 Å². The molecule has 3 N–H and O–H groups in total. The molecule has 0 saturated carbocycles. The van der Waals surface area contributed by atoms with Crippen molar-refractivity contribution in [2.45, 2.75) is 26.8 Å². The van der Waals surface area contributed by atoms with Crippen molar-refractivity contribution in [1.82, 2.24) is 5.32 Å². The van der Waals surface area contributed by atoms with E-state index in [2.05, 4.69) is 16.0 Å². The summed E-state index contributed by atoms with van der Waals surface area (Å²) >= 11 is 0. The fraction of sp³-hybridized carbons (Fsp3) is 0.278. The second-order valence-corrected chi connectivity index (χ2v) is 5.92. The van der Waals surface area contributed by atoms with Gasteiger partial charge in [-0.25, -0.2) is 0 Å². The monoisotopic (exact) mass is 343 g/mol. The van der Waals surface area contributed by atoms with E-state index in [1.807, 2.05) is 13.8 Å². The van der Waals surface area contributed by atoms with Crippen molar-refractivity contribution in [3.63, 3.8) is 0 Å². The molecule has 0 radical (unpaired) electrons. The highest BCUT2D eigenvalue weighted by Crippen LogP contribution is 2.15. The van der Waals surface area contributed by atoms with E-state index in [-0.39, 0.29) is 23.5 Å². The molecule has 0 aliphatic carbocycles. The molecule has 0 aliphatic rings. The Kier molecular flexibility index (Phi) is 5.94. The first kappa shape index (κ1) is 18.3. The number of anilines is 2. The van der Waals surface area contributed by atoms with Crippen LogP contribution in [0.15, 0.2) is 47.1 Å². The van der Waals surface area contributed by atoms with Gasteiger partial charge in [-0.1, -0.05) is 13.8 Å². The third-order valence-electron chi connectivity index (χ3n) is 3.45. The molecule has 2 aromatic rings. The van der Waals surface area contributed by atoms with Crippen LogP contribution in [-0.4, -0.2) is 23.8 Å². The summed E-state index contributed by atoms with van der Waals surface area (Å²) in [4.78, 5) is 35.6. The zero-order valence-corrected chi connectivity index (χ0v) is 14.3. The van der Waals surface area contributed by atoms with Gasteiger partial charge in [0.1, 0.15) is 6.04 Å². The molecule has 0 unspecified atom stereocenters. The van der Waals surface area contributed by atoms with E-state index in [0.717, 1.165) is 0 Å². The lowest BCUT2D eigenvalue weighted by Gasteiger charge is -2.21. The minimum atomic E-state index is -0.715. The van der Waals surface area contributed by atoms with Gasteiger partial charge in [0.25, 0.3) is 5.91 Å². The molecule has 132 valence electrons. The summed E-state index contributed by atoms with van der Waals surface area (Å²) in [5, 5.41) is 8.08. The summed E-state index contributed by atoms with van der Waals surface area (Å²) in [5.74, 6) is -0.907. The van der Waals surface area contributed by atoms with E-state index in [0.29, 0.717) is 11.4 Å². The van der Waals surface area contributed by atoms with Crippen molar-refractivity contribution in [1.29, 1.82) is 0 Å². The second-order valence-electron chi connectivity index (χ2n) is 5.92. The maximum atomic E-state index is 12.5. The first-order chi connectivity index (χ1) is 11.9. The first-order valence-corrected chi connectivity index (χ1v) is 7.89. The lowest BCUT2D eigenvalue weighted by Crippen LogP contribution is -2.47. The summed E-state index contributed by atoms with van der Waals surface area (Å²) < 4.78 is 5.04. The Hall–Kier alpha value is -3.09. The molecule has 2 rings (SSSR count). The fourth-order valence-electron chi connectivity index (χ4n) is 2.22. The molecule has 0 saturated heterocycles. The second kappa shape index (κ2) is 8.14. The van der Waals surface area contributed by atoms with Gasteiger partial charge in [0.15, 0.2) is 5.76 Å².